The molecule has 5 nitrogen and oxygen atoms in total. The van der Waals surface area contributed by atoms with Crippen molar-refractivity contribution in [1.82, 2.24) is 4.72 Å². The summed E-state index contributed by atoms with van der Waals surface area (Å²) in [5.74, 6) is -0.513. The van der Waals surface area contributed by atoms with Crippen molar-refractivity contribution in [2.75, 3.05) is 12.3 Å². The minimum Gasteiger partial charge on any atom is -0.384 e. The Balaban J connectivity index is 2.56. The number of unbranched alkanes of at least 4 members (excludes halogenated alkanes) is 2. The molecule has 0 heterocycles. The Morgan fingerprint density at radius 3 is 2.52 bits per heavy atom. The molecular formula is C14H19FN2O3S. The second-order valence-electron chi connectivity index (χ2n) is 5.04. The molecule has 1 aromatic carbocycles. The SMILES string of the molecule is CC(O)(CNS(=O)(=O)CCCCC#N)c1ccc(F)cc1. The first-order valence-electron chi connectivity index (χ1n) is 6.59. The van der Waals surface area contributed by atoms with Crippen LogP contribution < -0.4 is 4.72 Å². The van der Waals surface area contributed by atoms with Gasteiger partial charge < -0.3 is 5.11 Å². The van der Waals surface area contributed by atoms with Crippen molar-refractivity contribution >= 4 is 10.0 Å². The lowest BCUT2D eigenvalue weighted by Crippen LogP contribution is -2.39. The fraction of sp³-hybridized carbons (Fsp3) is 0.500. The van der Waals surface area contributed by atoms with Gasteiger partial charge in [0.25, 0.3) is 0 Å². The van der Waals surface area contributed by atoms with Crippen molar-refractivity contribution in [2.24, 2.45) is 0 Å². The molecule has 0 spiro atoms. The summed E-state index contributed by atoms with van der Waals surface area (Å²) in [6.45, 7) is 1.26. The van der Waals surface area contributed by atoms with E-state index in [4.69, 9.17) is 5.26 Å². The van der Waals surface area contributed by atoms with Crippen LogP contribution in [0.2, 0.25) is 0 Å². The molecule has 0 fully saturated rings. The Morgan fingerprint density at radius 1 is 1.33 bits per heavy atom. The molecule has 0 aliphatic rings. The highest BCUT2D eigenvalue weighted by Crippen LogP contribution is 2.20. The molecule has 0 amide bonds. The highest BCUT2D eigenvalue weighted by Gasteiger charge is 2.25. The monoisotopic (exact) mass is 314 g/mol. The number of halogens is 1. The molecule has 0 bridgehead atoms. The number of rotatable bonds is 8. The highest BCUT2D eigenvalue weighted by atomic mass is 32.2. The number of nitrogens with zero attached hydrogens (tertiary/aromatic N) is 1. The van der Waals surface area contributed by atoms with E-state index in [0.717, 1.165) is 0 Å². The van der Waals surface area contributed by atoms with Gasteiger partial charge in [0.2, 0.25) is 10.0 Å². The quantitative estimate of drug-likeness (QED) is 0.714. The van der Waals surface area contributed by atoms with Gasteiger partial charge in [0.1, 0.15) is 11.4 Å². The zero-order valence-electron chi connectivity index (χ0n) is 11.8. The van der Waals surface area contributed by atoms with Crippen LogP contribution in [0.15, 0.2) is 24.3 Å². The molecule has 0 radical (unpaired) electrons. The van der Waals surface area contributed by atoms with E-state index in [1.807, 2.05) is 6.07 Å². The van der Waals surface area contributed by atoms with Crippen LogP contribution >= 0.6 is 0 Å². The minimum absolute atomic E-state index is 0.0891. The van der Waals surface area contributed by atoms with Gasteiger partial charge in [0, 0.05) is 13.0 Å². The fourth-order valence-electron chi connectivity index (χ4n) is 1.73. The third-order valence-electron chi connectivity index (χ3n) is 3.05. The van der Waals surface area contributed by atoms with Crippen LogP contribution in [0.4, 0.5) is 4.39 Å². The van der Waals surface area contributed by atoms with Gasteiger partial charge in [-0.3, -0.25) is 0 Å². The van der Waals surface area contributed by atoms with Crippen molar-refractivity contribution in [1.29, 1.82) is 5.26 Å². The molecule has 1 atom stereocenters. The molecule has 0 aliphatic carbocycles. The summed E-state index contributed by atoms with van der Waals surface area (Å²) in [7, 11) is -3.50. The van der Waals surface area contributed by atoms with Crippen LogP contribution in [0.5, 0.6) is 0 Å². The van der Waals surface area contributed by atoms with Crippen LogP contribution in [0.3, 0.4) is 0 Å². The third kappa shape index (κ3) is 6.21. The largest absolute Gasteiger partial charge is 0.384 e. The topological polar surface area (TPSA) is 90.2 Å². The molecule has 7 heteroatoms. The summed E-state index contributed by atoms with van der Waals surface area (Å²) in [4.78, 5) is 0. The molecule has 1 unspecified atom stereocenters. The van der Waals surface area contributed by atoms with E-state index in [0.29, 0.717) is 24.8 Å². The average Bonchev–Trinajstić information content (AvgIpc) is 2.42. The van der Waals surface area contributed by atoms with E-state index in [-0.39, 0.29) is 12.3 Å². The zero-order chi connectivity index (χ0) is 15.9. The summed E-state index contributed by atoms with van der Waals surface area (Å²) in [5, 5.41) is 18.6. The Labute approximate surface area is 124 Å². The summed E-state index contributed by atoms with van der Waals surface area (Å²) in [6.07, 6.45) is 1.23. The predicted octanol–water partition coefficient (Wildman–Crippen LogP) is 1.65. The molecule has 0 saturated carbocycles. The van der Waals surface area contributed by atoms with E-state index in [1.165, 1.54) is 31.2 Å². The lowest BCUT2D eigenvalue weighted by molar-refractivity contribution is 0.0627. The highest BCUT2D eigenvalue weighted by molar-refractivity contribution is 7.89. The normalized spacial score (nSPS) is 14.4. The minimum atomic E-state index is -3.50. The number of nitriles is 1. The number of hydrogen-bond donors (Lipinski definition) is 2. The van der Waals surface area contributed by atoms with E-state index >= 15 is 0 Å². The van der Waals surface area contributed by atoms with Crippen molar-refractivity contribution in [2.45, 2.75) is 31.8 Å². The number of hydrogen-bond acceptors (Lipinski definition) is 4. The number of nitrogens with one attached hydrogen (secondary N) is 1. The Morgan fingerprint density at radius 2 is 1.95 bits per heavy atom. The Bertz CT molecular complexity index is 592. The molecule has 1 rings (SSSR count). The van der Waals surface area contributed by atoms with Gasteiger partial charge in [0.05, 0.1) is 11.8 Å². The van der Waals surface area contributed by atoms with E-state index in [9.17, 15) is 17.9 Å². The second kappa shape index (κ2) is 7.50. The molecule has 0 saturated heterocycles. The molecular weight excluding hydrogens is 295 g/mol. The van der Waals surface area contributed by atoms with Crippen molar-refractivity contribution in [3.8, 4) is 6.07 Å². The third-order valence-corrected chi connectivity index (χ3v) is 4.46. The lowest BCUT2D eigenvalue weighted by Gasteiger charge is -2.24. The van der Waals surface area contributed by atoms with Crippen LogP contribution in [0, 0.1) is 17.1 Å². The molecule has 1 aromatic rings. The number of sulfonamides is 1. The van der Waals surface area contributed by atoms with Crippen LogP contribution in [-0.2, 0) is 15.6 Å². The summed E-state index contributed by atoms with van der Waals surface area (Å²) in [5.41, 5.74) is -0.996. The molecule has 116 valence electrons. The van der Waals surface area contributed by atoms with Crippen molar-refractivity contribution < 1.29 is 17.9 Å². The molecule has 2 N–H and O–H groups in total. The van der Waals surface area contributed by atoms with Gasteiger partial charge in [-0.25, -0.2) is 17.5 Å². The maximum atomic E-state index is 12.8. The van der Waals surface area contributed by atoms with Gasteiger partial charge in [-0.05, 0) is 37.5 Å². The predicted molar refractivity (Wildman–Crippen MR) is 77.2 cm³/mol. The lowest BCUT2D eigenvalue weighted by atomic mass is 9.96. The van der Waals surface area contributed by atoms with E-state index in [2.05, 4.69) is 4.72 Å². The number of benzene rings is 1. The first kappa shape index (κ1) is 17.6. The van der Waals surface area contributed by atoms with Crippen molar-refractivity contribution in [3.63, 3.8) is 0 Å². The Kier molecular flexibility index (Phi) is 6.27. The summed E-state index contributed by atoms with van der Waals surface area (Å²) < 4.78 is 38.7. The van der Waals surface area contributed by atoms with E-state index in [1.54, 1.807) is 0 Å². The van der Waals surface area contributed by atoms with Gasteiger partial charge in [-0.1, -0.05) is 12.1 Å². The van der Waals surface area contributed by atoms with Gasteiger partial charge in [-0.2, -0.15) is 5.26 Å². The van der Waals surface area contributed by atoms with Crippen molar-refractivity contribution in [3.05, 3.63) is 35.6 Å². The summed E-state index contributed by atoms with van der Waals surface area (Å²) >= 11 is 0. The van der Waals surface area contributed by atoms with Gasteiger partial charge in [0.15, 0.2) is 0 Å². The first-order chi connectivity index (χ1) is 9.77. The van der Waals surface area contributed by atoms with Crippen LogP contribution in [-0.4, -0.2) is 25.8 Å². The van der Waals surface area contributed by atoms with Crippen LogP contribution in [0.25, 0.3) is 0 Å². The second-order valence-corrected chi connectivity index (χ2v) is 6.96. The standard InChI is InChI=1S/C14H19FN2O3S/c1-14(18,12-5-7-13(15)8-6-12)11-17-21(19,20)10-4-2-3-9-16/h5-8,17-18H,2-4,10-11H2,1H3. The smallest absolute Gasteiger partial charge is 0.211 e. The van der Waals surface area contributed by atoms with Crippen LogP contribution in [0.1, 0.15) is 31.7 Å². The first-order valence-corrected chi connectivity index (χ1v) is 8.25. The van der Waals surface area contributed by atoms with Gasteiger partial charge >= 0.3 is 0 Å². The average molecular weight is 314 g/mol. The zero-order valence-corrected chi connectivity index (χ0v) is 12.7. The molecule has 0 aliphatic heterocycles. The fourth-order valence-corrected chi connectivity index (χ4v) is 2.96. The maximum Gasteiger partial charge on any atom is 0.211 e. The molecule has 21 heavy (non-hydrogen) atoms. The summed E-state index contributed by atoms with van der Waals surface area (Å²) in [6, 6.07) is 7.19. The van der Waals surface area contributed by atoms with E-state index < -0.39 is 21.4 Å². The molecule has 0 aromatic heterocycles. The van der Waals surface area contributed by atoms with Gasteiger partial charge in [-0.15, -0.1) is 0 Å². The number of aliphatic hydroxyl groups is 1. The maximum absolute atomic E-state index is 12.8. The Hall–Kier alpha value is -1.49.